The number of methoxy groups -OCH3 is 2. The summed E-state index contributed by atoms with van der Waals surface area (Å²) in [6, 6.07) is 18.0. The fraction of sp³-hybridized carbons (Fsp3) is 0.725. The number of alkyl halides is 26. The number of hydrogen-bond acceptors (Lipinski definition) is 18. The van der Waals surface area contributed by atoms with Gasteiger partial charge in [-0.25, -0.2) is 8.42 Å². The van der Waals surface area contributed by atoms with Crippen LogP contribution in [0.15, 0.2) is 110 Å². The molecule has 0 spiro atoms. The van der Waals surface area contributed by atoms with E-state index in [1.807, 2.05) is 30.3 Å². The summed E-state index contributed by atoms with van der Waals surface area (Å²) in [6.07, 6.45) is -7.06. The van der Waals surface area contributed by atoms with Crippen molar-refractivity contribution in [1.29, 1.82) is 0 Å². The summed E-state index contributed by atoms with van der Waals surface area (Å²) in [4.78, 5) is 23.6. The predicted octanol–water partition coefficient (Wildman–Crippen LogP) is 18.1. The zero-order chi connectivity index (χ0) is 93.9. The van der Waals surface area contributed by atoms with Crippen molar-refractivity contribution in [3.05, 3.63) is 121 Å². The van der Waals surface area contributed by atoms with Gasteiger partial charge in [0.2, 0.25) is 5.12 Å². The first-order valence-electron chi connectivity index (χ1n) is 39.4. The second kappa shape index (κ2) is 48.1. The van der Waals surface area contributed by atoms with Gasteiger partial charge < -0.3 is 61.8 Å². The highest BCUT2D eigenvalue weighted by Crippen LogP contribution is 2.66. The summed E-state index contributed by atoms with van der Waals surface area (Å²) in [7, 11) is -2.23. The number of allylic oxidation sites excluding steroid dienone is 6. The molecule has 0 amide bonds. The number of thioether (sulfide) groups is 2. The van der Waals surface area contributed by atoms with E-state index in [4.69, 9.17) is 47.4 Å². The molecule has 14 unspecified atom stereocenters. The van der Waals surface area contributed by atoms with Gasteiger partial charge in [0.05, 0.1) is 130 Å². The van der Waals surface area contributed by atoms with Gasteiger partial charge in [-0.05, 0) is 161 Å². The SMILES string of the molecule is CCO/C=C\C1CC(/C=C/C2CC(C(Cc3ccccc3)SCC(=O)S(=O)(=O)[O-])CC2COCCOCCOCCOC)CC1C(F)(F)C(F)(F)C(F)(F)C(F)(F)C(F)(F)C(F)(F)F.CCO/C=C\C1CC(/C=C/C2CC(C(Cc3ccccc3)SCC(=O)[O-])CC2COCCOCCOCCOC)CC1C(F)(F)C(F)(F)C(F)(F)C(F)(F)C(F)(F)C(F)(F)F. The Bertz CT molecular complexity index is 3780. The maximum Gasteiger partial charge on any atom is 0.460 e. The summed E-state index contributed by atoms with van der Waals surface area (Å²) in [5.41, 5.74) is 1.71. The molecule has 0 radical (unpaired) electrons. The van der Waals surface area contributed by atoms with Crippen LogP contribution in [-0.2, 0) is 79.9 Å². The molecule has 16 nitrogen and oxygen atoms in total. The smallest absolute Gasteiger partial charge is 0.460 e. The Morgan fingerprint density at radius 3 is 1.02 bits per heavy atom. The van der Waals surface area contributed by atoms with E-state index in [0.717, 1.165) is 47.6 Å². The number of hydrogen-bond donors (Lipinski definition) is 0. The second-order valence-electron chi connectivity index (χ2n) is 30.4. The molecule has 0 heterocycles. The third-order valence-corrected chi connectivity index (χ3v) is 25.6. The van der Waals surface area contributed by atoms with Crippen LogP contribution in [0.2, 0.25) is 0 Å². The molecule has 4 fully saturated rings. The van der Waals surface area contributed by atoms with Gasteiger partial charge in [0.25, 0.3) is 0 Å². The average Bonchev–Trinajstić information content (AvgIpc) is 1.65. The largest absolute Gasteiger partial charge is 0.742 e. The molecule has 0 aromatic heterocycles. The van der Waals surface area contributed by atoms with Crippen LogP contribution < -0.4 is 5.11 Å². The molecule has 0 bridgehead atoms. The van der Waals surface area contributed by atoms with E-state index in [1.165, 1.54) is 58.1 Å². The molecule has 4 saturated carbocycles. The summed E-state index contributed by atoms with van der Waals surface area (Å²) < 4.78 is 456. The highest BCUT2D eigenvalue weighted by Gasteiger charge is 2.93. The molecule has 6 rings (SSSR count). The van der Waals surface area contributed by atoms with E-state index in [2.05, 4.69) is 0 Å². The van der Waals surface area contributed by atoms with Crippen LogP contribution in [0.1, 0.15) is 76.3 Å². The number of aliphatic carboxylic acids is 1. The summed E-state index contributed by atoms with van der Waals surface area (Å²) in [6.45, 7) is 6.07. The van der Waals surface area contributed by atoms with E-state index in [9.17, 15) is 107 Å². The Labute approximate surface area is 714 Å². The number of carbonyl (C=O) groups is 2. The van der Waals surface area contributed by atoms with Crippen molar-refractivity contribution in [3.8, 4) is 0 Å². The van der Waals surface area contributed by atoms with E-state index in [0.29, 0.717) is 65.1 Å². The summed E-state index contributed by atoms with van der Waals surface area (Å²) in [5, 5.41) is 9.18. The zero-order valence-corrected chi connectivity index (χ0v) is 70.3. The van der Waals surface area contributed by atoms with Gasteiger partial charge >= 0.3 is 71.6 Å². The minimum atomic E-state index is -8.02. The standard InChI is InChI=1S/C40H51F13O9S2.C40H51F13O7S/c1-3-59-12-11-29-19-27(20-32(29)35(41,42)36(43,44)37(45,46)38(47,48)39(49,50)40(51,52)53)9-10-28-22-30(23-31(28)24-62-18-17-61-16-15-60-14-13-58-2)33(21-26-7-5-4-6-8-26)63-25-34(54)64(55,56)57;1-3-57-12-11-29-19-27(20-32(29)35(41,42)36(43,44)37(45,46)38(47,48)39(49,50)40(51,52)53)9-10-28-22-30(33(61-25-34(54)55)21-26-7-5-4-6-8-26)23-31(28)24-60-18-17-59-16-15-58-14-13-56-2/h4-12,27-33H,3,13-25H2,1-2H3,(H,55,56,57);4-12,27-33H,3,13-25H2,1-2H3,(H,54,55)/p-2/b2*10-9+,12-11-. The molecule has 718 valence electrons. The molecule has 14 atom stereocenters. The van der Waals surface area contributed by atoms with Crippen LogP contribution in [0.5, 0.6) is 0 Å². The molecular formula is C80H100F26O16S3-2. The lowest BCUT2D eigenvalue weighted by Gasteiger charge is -2.42. The number of rotatable bonds is 54. The first-order valence-corrected chi connectivity index (χ1v) is 42.9. The lowest BCUT2D eigenvalue weighted by atomic mass is 9.82. The zero-order valence-electron chi connectivity index (χ0n) is 67.9. The number of carboxylic acids is 1. The van der Waals surface area contributed by atoms with E-state index in [1.54, 1.807) is 36.4 Å². The van der Waals surface area contributed by atoms with Crippen LogP contribution in [-0.4, -0.2) is 238 Å². The van der Waals surface area contributed by atoms with Crippen LogP contribution in [0, 0.1) is 71.0 Å². The molecule has 125 heavy (non-hydrogen) atoms. The van der Waals surface area contributed by atoms with Crippen LogP contribution in [0.4, 0.5) is 114 Å². The summed E-state index contributed by atoms with van der Waals surface area (Å²) >= 11 is 2.10. The van der Waals surface area contributed by atoms with Gasteiger partial charge in [-0.1, -0.05) is 85.0 Å². The first kappa shape index (κ1) is 110. The van der Waals surface area contributed by atoms with Crippen LogP contribution in [0.25, 0.3) is 0 Å². The molecule has 4 aliphatic carbocycles. The monoisotopic (exact) mass is 1910 g/mol. The van der Waals surface area contributed by atoms with E-state index >= 15 is 35.1 Å². The number of ether oxygens (including phenoxy) is 10. The molecule has 45 heteroatoms. The molecule has 2 aromatic rings. The Balaban J connectivity index is 0.000000444. The summed E-state index contributed by atoms with van der Waals surface area (Å²) in [5.74, 6) is -91.1. The molecular weight excluding hydrogens is 1810 g/mol. The van der Waals surface area contributed by atoms with E-state index < -0.39 is 177 Å². The Kier molecular flexibility index (Phi) is 42.4. The molecule has 0 aliphatic heterocycles. The van der Waals surface area contributed by atoms with Crippen molar-refractivity contribution in [2.24, 2.45) is 71.0 Å². The maximum atomic E-state index is 15.7. The maximum absolute atomic E-state index is 15.7. The first-order chi connectivity index (χ1) is 58.1. The fourth-order valence-electron chi connectivity index (χ4n) is 15.3. The van der Waals surface area contributed by atoms with Gasteiger partial charge in [0.15, 0.2) is 10.1 Å². The molecule has 0 saturated heterocycles. The van der Waals surface area contributed by atoms with Crippen molar-refractivity contribution < 1.29 is 189 Å². The lowest BCUT2D eigenvalue weighted by Crippen LogP contribution is -2.71. The highest BCUT2D eigenvalue weighted by molar-refractivity contribution is 8.07. The minimum absolute atomic E-state index is 0.0545. The topological polar surface area (TPSA) is 207 Å². The third-order valence-electron chi connectivity index (χ3n) is 21.9. The number of carboxylic acid groups (broad SMARTS) is 1. The van der Waals surface area contributed by atoms with Gasteiger partial charge in [0.1, 0.15) is 0 Å². The number of halogens is 26. The van der Waals surface area contributed by atoms with Gasteiger partial charge in [-0.2, -0.15) is 126 Å². The Morgan fingerprint density at radius 1 is 0.400 bits per heavy atom. The normalized spacial score (nSPS) is 23.8. The molecule has 2 aromatic carbocycles. The Morgan fingerprint density at radius 2 is 0.712 bits per heavy atom. The van der Waals surface area contributed by atoms with Crippen molar-refractivity contribution >= 4 is 44.7 Å². The lowest BCUT2D eigenvalue weighted by molar-refractivity contribution is -0.443. The quantitative estimate of drug-likeness (QED) is 0.0198. The van der Waals surface area contributed by atoms with Crippen molar-refractivity contribution in [1.82, 2.24) is 0 Å². The minimum Gasteiger partial charge on any atom is -0.742 e. The van der Waals surface area contributed by atoms with Crippen LogP contribution >= 0.6 is 23.5 Å². The molecule has 4 aliphatic rings. The highest BCUT2D eigenvalue weighted by atomic mass is 32.2. The second-order valence-corrected chi connectivity index (χ2v) is 34.2. The van der Waals surface area contributed by atoms with Gasteiger partial charge in [-0.15, -0.1) is 11.8 Å². The number of carbonyl (C=O) groups excluding carboxylic acids is 2. The van der Waals surface area contributed by atoms with Gasteiger partial charge in [-0.3, -0.25) is 4.79 Å². The van der Waals surface area contributed by atoms with Crippen molar-refractivity contribution in [2.45, 2.75) is 160 Å². The van der Waals surface area contributed by atoms with Crippen LogP contribution in [0.3, 0.4) is 0 Å². The van der Waals surface area contributed by atoms with Crippen molar-refractivity contribution in [3.63, 3.8) is 0 Å². The fourth-order valence-corrected chi connectivity index (χ4v) is 18.4. The number of benzene rings is 2. The van der Waals surface area contributed by atoms with Crippen molar-refractivity contribution in [2.75, 3.05) is 131 Å². The molecule has 0 N–H and O–H groups in total. The third kappa shape index (κ3) is 28.8. The predicted molar refractivity (Wildman–Crippen MR) is 401 cm³/mol. The van der Waals surface area contributed by atoms with Gasteiger partial charge in [0, 0.05) is 42.3 Å². The van der Waals surface area contributed by atoms with E-state index in [-0.39, 0.29) is 114 Å². The average molecular weight is 1910 g/mol. The Hall–Kier alpha value is -5.39.